The molecule has 5 heteroatoms. The number of carbonyl (C=O) groups is 2. The average Bonchev–Trinajstić information content (AvgIpc) is 3.49. The quantitative estimate of drug-likeness (QED) is 0.768. The summed E-state index contributed by atoms with van der Waals surface area (Å²) in [5.74, 6) is 0.505. The molecule has 2 aliphatic rings. The Morgan fingerprint density at radius 2 is 1.93 bits per heavy atom. The summed E-state index contributed by atoms with van der Waals surface area (Å²) in [6, 6.07) is 11.8. The second-order valence-electron chi connectivity index (χ2n) is 8.00. The number of nitrogens with zero attached hydrogens (tertiary/aromatic N) is 1. The number of amides is 2. The molecule has 1 atom stereocenters. The third-order valence-electron chi connectivity index (χ3n) is 5.89. The standard InChI is InChI=1S/C23H29N3O2/c1-2-19(17-8-4-3-5-9-17)25-22(27)18-14-21(23(28)24-15-16-11-12-16)26-13-7-6-10-20(18)26/h3-5,8-9,14,16,19H,2,6-7,10-13,15H2,1H3,(H,24,28)(H,25,27). The number of hydrogen-bond acceptors (Lipinski definition) is 2. The van der Waals surface area contributed by atoms with Gasteiger partial charge in [-0.2, -0.15) is 0 Å². The minimum atomic E-state index is -0.0809. The van der Waals surface area contributed by atoms with Crippen molar-refractivity contribution in [2.45, 2.75) is 58.0 Å². The molecule has 0 saturated heterocycles. The lowest BCUT2D eigenvalue weighted by molar-refractivity contribution is 0.0930. The molecule has 5 nitrogen and oxygen atoms in total. The molecule has 0 radical (unpaired) electrons. The molecule has 2 amide bonds. The summed E-state index contributed by atoms with van der Waals surface area (Å²) in [6.45, 7) is 3.63. The summed E-state index contributed by atoms with van der Waals surface area (Å²) in [6.07, 6.45) is 6.19. The van der Waals surface area contributed by atoms with E-state index in [1.165, 1.54) is 12.8 Å². The zero-order valence-electron chi connectivity index (χ0n) is 16.5. The molecule has 1 aliphatic heterocycles. The van der Waals surface area contributed by atoms with Crippen LogP contribution in [0.25, 0.3) is 0 Å². The first-order valence-corrected chi connectivity index (χ1v) is 10.5. The Bertz CT molecular complexity index is 852. The molecule has 2 aromatic rings. The van der Waals surface area contributed by atoms with E-state index in [1.54, 1.807) is 6.07 Å². The monoisotopic (exact) mass is 379 g/mol. The summed E-state index contributed by atoms with van der Waals surface area (Å²) in [7, 11) is 0. The maximum atomic E-state index is 13.1. The van der Waals surface area contributed by atoms with Crippen LogP contribution in [0.3, 0.4) is 0 Å². The first-order valence-electron chi connectivity index (χ1n) is 10.5. The van der Waals surface area contributed by atoms with Crippen molar-refractivity contribution >= 4 is 11.8 Å². The molecule has 148 valence electrons. The van der Waals surface area contributed by atoms with Gasteiger partial charge in [-0.1, -0.05) is 37.3 Å². The lowest BCUT2D eigenvalue weighted by atomic mass is 10.0. The van der Waals surface area contributed by atoms with Gasteiger partial charge in [0.25, 0.3) is 11.8 Å². The van der Waals surface area contributed by atoms with E-state index in [4.69, 9.17) is 0 Å². The van der Waals surface area contributed by atoms with Crippen LogP contribution in [0.2, 0.25) is 0 Å². The number of carbonyl (C=O) groups excluding carboxylic acids is 2. The highest BCUT2D eigenvalue weighted by molar-refractivity contribution is 6.00. The maximum Gasteiger partial charge on any atom is 0.267 e. The normalized spacial score (nSPS) is 16.9. The number of aromatic nitrogens is 1. The van der Waals surface area contributed by atoms with E-state index in [0.717, 1.165) is 50.0 Å². The number of benzene rings is 1. The van der Waals surface area contributed by atoms with E-state index in [1.807, 2.05) is 30.3 Å². The van der Waals surface area contributed by atoms with Gasteiger partial charge in [0.05, 0.1) is 11.6 Å². The van der Waals surface area contributed by atoms with E-state index in [-0.39, 0.29) is 17.9 Å². The van der Waals surface area contributed by atoms with E-state index < -0.39 is 0 Å². The van der Waals surface area contributed by atoms with Crippen LogP contribution in [0.15, 0.2) is 36.4 Å². The van der Waals surface area contributed by atoms with Gasteiger partial charge in [0.15, 0.2) is 0 Å². The smallest absolute Gasteiger partial charge is 0.267 e. The first-order chi connectivity index (χ1) is 13.7. The highest BCUT2D eigenvalue weighted by atomic mass is 16.2. The van der Waals surface area contributed by atoms with Crippen LogP contribution in [-0.4, -0.2) is 22.9 Å². The predicted octanol–water partition coefficient (Wildman–Crippen LogP) is 3.85. The van der Waals surface area contributed by atoms with Gasteiger partial charge in [0.1, 0.15) is 5.69 Å². The van der Waals surface area contributed by atoms with Crippen molar-refractivity contribution in [2.75, 3.05) is 6.54 Å². The summed E-state index contributed by atoms with van der Waals surface area (Å²) < 4.78 is 2.06. The first kappa shape index (κ1) is 18.8. The highest BCUT2D eigenvalue weighted by Crippen LogP contribution is 2.28. The number of hydrogen-bond donors (Lipinski definition) is 2. The topological polar surface area (TPSA) is 63.1 Å². The van der Waals surface area contributed by atoms with Crippen LogP contribution in [0.4, 0.5) is 0 Å². The minimum Gasteiger partial charge on any atom is -0.350 e. The fourth-order valence-electron chi connectivity index (χ4n) is 4.05. The van der Waals surface area contributed by atoms with Crippen LogP contribution in [-0.2, 0) is 13.0 Å². The number of nitrogens with one attached hydrogen (secondary N) is 2. The van der Waals surface area contributed by atoms with Crippen molar-refractivity contribution in [3.05, 3.63) is 58.9 Å². The van der Waals surface area contributed by atoms with Crippen LogP contribution in [0, 0.1) is 5.92 Å². The van der Waals surface area contributed by atoms with Crippen molar-refractivity contribution in [1.82, 2.24) is 15.2 Å². The second kappa shape index (κ2) is 8.21. The summed E-state index contributed by atoms with van der Waals surface area (Å²) in [4.78, 5) is 25.8. The lowest BCUT2D eigenvalue weighted by Crippen LogP contribution is -2.29. The Labute approximate surface area is 166 Å². The Morgan fingerprint density at radius 3 is 2.64 bits per heavy atom. The number of fused-ring (bicyclic) bond motifs is 1. The molecule has 0 spiro atoms. The minimum absolute atomic E-state index is 0.0278. The van der Waals surface area contributed by atoms with E-state index in [2.05, 4.69) is 22.1 Å². The van der Waals surface area contributed by atoms with Gasteiger partial charge < -0.3 is 15.2 Å². The van der Waals surface area contributed by atoms with Gasteiger partial charge in [0.2, 0.25) is 0 Å². The fourth-order valence-corrected chi connectivity index (χ4v) is 4.05. The second-order valence-corrected chi connectivity index (χ2v) is 8.00. The molecular weight excluding hydrogens is 350 g/mol. The molecule has 1 aromatic carbocycles. The third-order valence-corrected chi connectivity index (χ3v) is 5.89. The zero-order chi connectivity index (χ0) is 19.5. The molecule has 1 unspecified atom stereocenters. The van der Waals surface area contributed by atoms with Crippen LogP contribution in [0.1, 0.15) is 77.2 Å². The summed E-state index contributed by atoms with van der Waals surface area (Å²) >= 11 is 0. The molecule has 1 saturated carbocycles. The largest absolute Gasteiger partial charge is 0.350 e. The summed E-state index contributed by atoms with van der Waals surface area (Å²) in [5.41, 5.74) is 3.40. The average molecular weight is 380 g/mol. The highest BCUT2D eigenvalue weighted by Gasteiger charge is 2.28. The molecule has 2 heterocycles. The van der Waals surface area contributed by atoms with Gasteiger partial charge in [-0.15, -0.1) is 0 Å². The van der Waals surface area contributed by atoms with Crippen LogP contribution in [0.5, 0.6) is 0 Å². The molecule has 1 aromatic heterocycles. The molecule has 4 rings (SSSR count). The van der Waals surface area contributed by atoms with Crippen LogP contribution >= 0.6 is 0 Å². The van der Waals surface area contributed by atoms with Crippen LogP contribution < -0.4 is 10.6 Å². The Kier molecular flexibility index (Phi) is 5.51. The summed E-state index contributed by atoms with van der Waals surface area (Å²) in [5, 5.41) is 6.23. The molecule has 1 fully saturated rings. The van der Waals surface area contributed by atoms with E-state index >= 15 is 0 Å². The van der Waals surface area contributed by atoms with E-state index in [0.29, 0.717) is 17.2 Å². The lowest BCUT2D eigenvalue weighted by Gasteiger charge is -2.20. The number of rotatable bonds is 7. The Balaban J connectivity index is 1.56. The van der Waals surface area contributed by atoms with E-state index in [9.17, 15) is 9.59 Å². The Morgan fingerprint density at radius 1 is 1.14 bits per heavy atom. The molecule has 28 heavy (non-hydrogen) atoms. The Hall–Kier alpha value is -2.56. The molecule has 1 aliphatic carbocycles. The maximum absolute atomic E-state index is 13.1. The van der Waals surface area contributed by atoms with Gasteiger partial charge in [-0.3, -0.25) is 9.59 Å². The SMILES string of the molecule is CCC(NC(=O)c1cc(C(=O)NCC2CC2)n2c1CCCC2)c1ccccc1. The zero-order valence-corrected chi connectivity index (χ0v) is 16.5. The third kappa shape index (κ3) is 3.98. The molecule has 0 bridgehead atoms. The molecule has 2 N–H and O–H groups in total. The fraction of sp³-hybridized carbons (Fsp3) is 0.478. The van der Waals surface area contributed by atoms with Crippen molar-refractivity contribution < 1.29 is 9.59 Å². The van der Waals surface area contributed by atoms with Crippen molar-refractivity contribution in [1.29, 1.82) is 0 Å². The van der Waals surface area contributed by atoms with Gasteiger partial charge in [0, 0.05) is 18.8 Å². The van der Waals surface area contributed by atoms with Gasteiger partial charge >= 0.3 is 0 Å². The van der Waals surface area contributed by atoms with Crippen molar-refractivity contribution in [3.63, 3.8) is 0 Å². The van der Waals surface area contributed by atoms with Crippen molar-refractivity contribution in [2.24, 2.45) is 5.92 Å². The predicted molar refractivity (Wildman–Crippen MR) is 109 cm³/mol. The van der Waals surface area contributed by atoms with Crippen molar-refractivity contribution in [3.8, 4) is 0 Å². The van der Waals surface area contributed by atoms with Gasteiger partial charge in [-0.05, 0) is 56.1 Å². The molecular formula is C23H29N3O2. The van der Waals surface area contributed by atoms with Gasteiger partial charge in [-0.25, -0.2) is 0 Å².